The number of nitrogens with zero attached hydrogens (tertiary/aromatic N) is 1. The lowest BCUT2D eigenvalue weighted by Gasteiger charge is -2.29. The number of allylic oxidation sites excluding steroid dienone is 2. The zero-order valence-corrected chi connectivity index (χ0v) is 11.8. The molecule has 0 spiro atoms. The van der Waals surface area contributed by atoms with E-state index in [1.165, 1.54) is 19.1 Å². The molecule has 0 saturated carbocycles. The fraction of sp³-hybridized carbons (Fsp3) is 0.538. The minimum absolute atomic E-state index is 0.0333. The number of carbonyl (C=O) groups is 2. The molecule has 0 aliphatic heterocycles. The molecule has 0 unspecified atom stereocenters. The largest absolute Gasteiger partial charge is 0.480 e. The van der Waals surface area contributed by atoms with Crippen LogP contribution >= 0.6 is 0 Å². The number of rotatable bonds is 5. The summed E-state index contributed by atoms with van der Waals surface area (Å²) in [6.07, 6.45) is 2.25. The van der Waals surface area contributed by atoms with E-state index in [1.54, 1.807) is 20.8 Å². The number of carboxylic acid groups (broad SMARTS) is 1. The van der Waals surface area contributed by atoms with Gasteiger partial charge in [0.2, 0.25) is 0 Å². The Morgan fingerprint density at radius 3 is 2.37 bits per heavy atom. The number of carbonyl (C=O) groups excluding carboxylic acids is 1. The summed E-state index contributed by atoms with van der Waals surface area (Å²) >= 11 is 0. The molecular formula is C13H22N2O4. The van der Waals surface area contributed by atoms with E-state index >= 15 is 0 Å². The van der Waals surface area contributed by atoms with Crippen LogP contribution in [0.1, 0.15) is 27.7 Å². The molecule has 0 aliphatic carbocycles. The van der Waals surface area contributed by atoms with Crippen molar-refractivity contribution in [1.29, 1.82) is 0 Å². The summed E-state index contributed by atoms with van der Waals surface area (Å²) in [5.41, 5.74) is 5.30. The first-order valence-corrected chi connectivity index (χ1v) is 5.88. The first kappa shape index (κ1) is 17.0. The van der Waals surface area contributed by atoms with E-state index in [-0.39, 0.29) is 6.54 Å². The highest BCUT2D eigenvalue weighted by molar-refractivity contribution is 5.80. The van der Waals surface area contributed by atoms with Crippen molar-refractivity contribution in [3.8, 4) is 0 Å². The van der Waals surface area contributed by atoms with Crippen LogP contribution in [0.25, 0.3) is 0 Å². The molecule has 0 aromatic heterocycles. The van der Waals surface area contributed by atoms with Crippen molar-refractivity contribution < 1.29 is 19.4 Å². The van der Waals surface area contributed by atoms with Crippen LogP contribution in [0.4, 0.5) is 4.79 Å². The summed E-state index contributed by atoms with van der Waals surface area (Å²) in [5, 5.41) is 9.01. The average molecular weight is 270 g/mol. The summed E-state index contributed by atoms with van der Waals surface area (Å²) in [7, 11) is 0. The summed E-state index contributed by atoms with van der Waals surface area (Å²) < 4.78 is 5.17. The van der Waals surface area contributed by atoms with Gasteiger partial charge in [-0.1, -0.05) is 12.7 Å². The van der Waals surface area contributed by atoms with E-state index in [0.29, 0.717) is 5.70 Å². The Labute approximate surface area is 113 Å². The first-order chi connectivity index (χ1) is 8.58. The average Bonchev–Trinajstić information content (AvgIpc) is 2.22. The molecule has 0 saturated heterocycles. The molecule has 0 heterocycles. The van der Waals surface area contributed by atoms with E-state index in [1.807, 2.05) is 0 Å². The van der Waals surface area contributed by atoms with Crippen LogP contribution in [0.3, 0.4) is 0 Å². The lowest BCUT2D eigenvalue weighted by atomic mass is 10.2. The maximum Gasteiger partial charge on any atom is 0.411 e. The quantitative estimate of drug-likeness (QED) is 0.742. The number of amides is 1. The SMILES string of the molecule is C=C/C=C(\N)CN(C(=O)OC(C)(C)C)[C@@H](C)C(=O)O. The second-order valence-electron chi connectivity index (χ2n) is 5.10. The van der Waals surface area contributed by atoms with Crippen LogP contribution in [-0.4, -0.2) is 40.3 Å². The highest BCUT2D eigenvalue weighted by Gasteiger charge is 2.29. The van der Waals surface area contributed by atoms with Crippen LogP contribution in [-0.2, 0) is 9.53 Å². The van der Waals surface area contributed by atoms with Crippen LogP contribution in [0, 0.1) is 0 Å². The molecule has 6 heteroatoms. The summed E-state index contributed by atoms with van der Waals surface area (Å²) in [6, 6.07) is -1.04. The molecule has 0 fully saturated rings. The molecule has 108 valence electrons. The zero-order valence-electron chi connectivity index (χ0n) is 11.8. The predicted octanol–water partition coefficient (Wildman–Crippen LogP) is 1.73. The van der Waals surface area contributed by atoms with Crippen LogP contribution < -0.4 is 5.73 Å². The Hall–Kier alpha value is -1.98. The summed E-state index contributed by atoms with van der Waals surface area (Å²) in [6.45, 7) is 9.97. The van der Waals surface area contributed by atoms with Gasteiger partial charge in [-0.3, -0.25) is 4.90 Å². The van der Waals surface area contributed by atoms with Gasteiger partial charge in [0.15, 0.2) is 0 Å². The minimum Gasteiger partial charge on any atom is -0.480 e. The van der Waals surface area contributed by atoms with Gasteiger partial charge in [-0.25, -0.2) is 9.59 Å². The van der Waals surface area contributed by atoms with E-state index < -0.39 is 23.7 Å². The standard InChI is InChI=1S/C13H22N2O4/c1-6-7-10(14)8-15(9(2)11(16)17)12(18)19-13(3,4)5/h6-7,9H,1,8,14H2,2-5H3,(H,16,17)/b10-7-/t9-/m0/s1. The number of hydrogen-bond acceptors (Lipinski definition) is 4. The van der Waals surface area contributed by atoms with Gasteiger partial charge >= 0.3 is 12.1 Å². The van der Waals surface area contributed by atoms with Gasteiger partial charge in [-0.05, 0) is 33.8 Å². The van der Waals surface area contributed by atoms with E-state index in [9.17, 15) is 9.59 Å². The van der Waals surface area contributed by atoms with Gasteiger partial charge in [0.1, 0.15) is 11.6 Å². The Kier molecular flexibility index (Phi) is 6.11. The summed E-state index contributed by atoms with van der Waals surface area (Å²) in [5.74, 6) is -1.13. The maximum absolute atomic E-state index is 12.0. The number of aliphatic carboxylic acids is 1. The third-order valence-electron chi connectivity index (χ3n) is 2.14. The second-order valence-corrected chi connectivity index (χ2v) is 5.10. The Bertz CT molecular complexity index is 383. The zero-order chi connectivity index (χ0) is 15.2. The third-order valence-corrected chi connectivity index (χ3v) is 2.14. The Morgan fingerprint density at radius 2 is 2.00 bits per heavy atom. The van der Waals surface area contributed by atoms with Gasteiger partial charge in [-0.15, -0.1) is 0 Å². The molecule has 0 radical (unpaired) electrons. The molecule has 6 nitrogen and oxygen atoms in total. The van der Waals surface area contributed by atoms with Gasteiger partial charge in [0.05, 0.1) is 6.54 Å². The molecule has 0 aromatic rings. The van der Waals surface area contributed by atoms with E-state index in [0.717, 1.165) is 4.90 Å². The van der Waals surface area contributed by atoms with Gasteiger partial charge in [0, 0.05) is 5.70 Å². The van der Waals surface area contributed by atoms with Crippen molar-refractivity contribution in [2.45, 2.75) is 39.3 Å². The molecule has 0 aliphatic rings. The van der Waals surface area contributed by atoms with Crippen molar-refractivity contribution in [3.05, 3.63) is 24.4 Å². The fourth-order valence-electron chi connectivity index (χ4n) is 1.21. The van der Waals surface area contributed by atoms with Crippen molar-refractivity contribution in [2.75, 3.05) is 6.54 Å². The van der Waals surface area contributed by atoms with Crippen LogP contribution in [0.2, 0.25) is 0 Å². The fourth-order valence-corrected chi connectivity index (χ4v) is 1.21. The van der Waals surface area contributed by atoms with Gasteiger partial charge in [-0.2, -0.15) is 0 Å². The highest BCUT2D eigenvalue weighted by Crippen LogP contribution is 2.13. The summed E-state index contributed by atoms with van der Waals surface area (Å²) in [4.78, 5) is 24.1. The lowest BCUT2D eigenvalue weighted by molar-refractivity contribution is -0.142. The normalized spacial score (nSPS) is 13.6. The number of ether oxygens (including phenoxy) is 1. The first-order valence-electron chi connectivity index (χ1n) is 5.88. The monoisotopic (exact) mass is 270 g/mol. The predicted molar refractivity (Wildman–Crippen MR) is 72.5 cm³/mol. The van der Waals surface area contributed by atoms with Gasteiger partial charge < -0.3 is 15.6 Å². The van der Waals surface area contributed by atoms with Crippen molar-refractivity contribution in [1.82, 2.24) is 4.90 Å². The Morgan fingerprint density at radius 1 is 1.47 bits per heavy atom. The van der Waals surface area contributed by atoms with Crippen LogP contribution in [0.15, 0.2) is 24.4 Å². The molecule has 3 N–H and O–H groups in total. The number of hydrogen-bond donors (Lipinski definition) is 2. The second kappa shape index (κ2) is 6.82. The molecule has 1 atom stereocenters. The molecule has 0 aromatic carbocycles. The van der Waals surface area contributed by atoms with E-state index in [2.05, 4.69) is 6.58 Å². The Balaban J connectivity index is 5.06. The topological polar surface area (TPSA) is 92.9 Å². The third kappa shape index (κ3) is 6.49. The number of carboxylic acids is 1. The maximum atomic E-state index is 12.0. The highest BCUT2D eigenvalue weighted by atomic mass is 16.6. The molecule has 1 amide bonds. The molecular weight excluding hydrogens is 248 g/mol. The van der Waals surface area contributed by atoms with Crippen molar-refractivity contribution in [2.24, 2.45) is 5.73 Å². The van der Waals surface area contributed by atoms with Crippen molar-refractivity contribution >= 4 is 12.1 Å². The molecule has 0 rings (SSSR count). The van der Waals surface area contributed by atoms with Crippen molar-refractivity contribution in [3.63, 3.8) is 0 Å². The lowest BCUT2D eigenvalue weighted by Crippen LogP contribution is -2.47. The number of nitrogens with two attached hydrogens (primary N) is 1. The van der Waals surface area contributed by atoms with E-state index in [4.69, 9.17) is 15.6 Å². The molecule has 19 heavy (non-hydrogen) atoms. The minimum atomic E-state index is -1.13. The van der Waals surface area contributed by atoms with Crippen LogP contribution in [0.5, 0.6) is 0 Å². The van der Waals surface area contributed by atoms with Gasteiger partial charge in [0.25, 0.3) is 0 Å². The smallest absolute Gasteiger partial charge is 0.411 e. The molecule has 0 bridgehead atoms.